The number of aromatic nitrogens is 2. The van der Waals surface area contributed by atoms with Crippen LogP contribution in [0.25, 0.3) is 0 Å². The first kappa shape index (κ1) is 23.7. The summed E-state index contributed by atoms with van der Waals surface area (Å²) in [4.78, 5) is 38.2. The van der Waals surface area contributed by atoms with Crippen LogP contribution in [0.2, 0.25) is 0 Å². The molecule has 1 amide bonds. The summed E-state index contributed by atoms with van der Waals surface area (Å²) in [5.41, 5.74) is -0.0753. The van der Waals surface area contributed by atoms with Gasteiger partial charge >= 0.3 is 5.69 Å². The van der Waals surface area contributed by atoms with Gasteiger partial charge in [0.2, 0.25) is 5.88 Å². The highest BCUT2D eigenvalue weighted by Crippen LogP contribution is 2.34. The zero-order valence-electron chi connectivity index (χ0n) is 19.4. The van der Waals surface area contributed by atoms with Gasteiger partial charge in [-0.2, -0.15) is 5.10 Å². The quantitative estimate of drug-likeness (QED) is 0.554. The Labute approximate surface area is 199 Å². The fourth-order valence-electron chi connectivity index (χ4n) is 3.89. The molecule has 0 fully saturated rings. The van der Waals surface area contributed by atoms with Crippen molar-refractivity contribution in [2.45, 2.75) is 12.5 Å². The summed E-state index contributed by atoms with van der Waals surface area (Å²) < 4.78 is 20.2. The molecule has 0 saturated carbocycles. The van der Waals surface area contributed by atoms with Crippen molar-refractivity contribution in [3.05, 3.63) is 86.3 Å². The van der Waals surface area contributed by atoms with Gasteiger partial charge in [0.15, 0.2) is 0 Å². The number of methoxy groups -OCH3 is 1. The number of amides is 1. The second kappa shape index (κ2) is 9.45. The third-order valence-electron chi connectivity index (χ3n) is 5.88. The van der Waals surface area contributed by atoms with Gasteiger partial charge in [-0.25, -0.2) is 14.2 Å². The van der Waals surface area contributed by atoms with Crippen LogP contribution in [0.5, 0.6) is 11.6 Å². The van der Waals surface area contributed by atoms with Crippen molar-refractivity contribution in [3.63, 3.8) is 0 Å². The number of ether oxygens (including phenoxy) is 1. The first-order valence-electron chi connectivity index (χ1n) is 10.7. The molecule has 4 rings (SSSR count). The van der Waals surface area contributed by atoms with Gasteiger partial charge in [0.1, 0.15) is 17.1 Å². The number of hydrazone groups is 1. The summed E-state index contributed by atoms with van der Waals surface area (Å²) in [6.07, 6.45) is 0.135. The maximum absolute atomic E-state index is 13.2. The maximum atomic E-state index is 13.2. The second-order valence-electron chi connectivity index (χ2n) is 8.04. The Bertz CT molecular complexity index is 1410. The SMILES string of the molecule is COc1ccc([C@@H]2CC(c3c(O)n(C)c(=O)n(C)c3=O)=NN2C(=O)CNc2ccc(F)cc2)cc1. The van der Waals surface area contributed by atoms with E-state index in [1.807, 2.05) is 0 Å². The van der Waals surface area contributed by atoms with E-state index < -0.39 is 34.9 Å². The molecule has 2 N–H and O–H groups in total. The number of nitrogens with one attached hydrogen (secondary N) is 1. The summed E-state index contributed by atoms with van der Waals surface area (Å²) >= 11 is 0. The van der Waals surface area contributed by atoms with Crippen molar-refractivity contribution < 1.29 is 19.0 Å². The zero-order chi connectivity index (χ0) is 25.3. The van der Waals surface area contributed by atoms with Crippen LogP contribution in [0.1, 0.15) is 23.6 Å². The van der Waals surface area contributed by atoms with Gasteiger partial charge in [0.05, 0.1) is 25.4 Å². The van der Waals surface area contributed by atoms with Gasteiger partial charge in [-0.05, 0) is 42.0 Å². The number of rotatable bonds is 6. The minimum absolute atomic E-state index is 0.135. The highest BCUT2D eigenvalue weighted by atomic mass is 19.1. The van der Waals surface area contributed by atoms with Crippen LogP contribution < -0.4 is 21.3 Å². The molecular weight excluding hydrogens is 457 g/mol. The Morgan fingerprint density at radius 2 is 1.77 bits per heavy atom. The minimum atomic E-state index is -0.712. The molecule has 0 aliphatic carbocycles. The summed E-state index contributed by atoms with van der Waals surface area (Å²) in [5.74, 6) is -0.697. The molecule has 1 atom stereocenters. The van der Waals surface area contributed by atoms with E-state index in [-0.39, 0.29) is 24.2 Å². The number of aromatic hydroxyl groups is 1. The summed E-state index contributed by atoms with van der Waals surface area (Å²) in [7, 11) is 4.19. The van der Waals surface area contributed by atoms with Crippen molar-refractivity contribution in [3.8, 4) is 11.6 Å². The smallest absolute Gasteiger partial charge is 0.333 e. The molecule has 0 bridgehead atoms. The van der Waals surface area contributed by atoms with E-state index in [9.17, 15) is 23.9 Å². The average molecular weight is 481 g/mol. The summed E-state index contributed by atoms with van der Waals surface area (Å²) in [6, 6.07) is 12.1. The van der Waals surface area contributed by atoms with Crippen molar-refractivity contribution >= 4 is 17.3 Å². The molecule has 10 nitrogen and oxygen atoms in total. The van der Waals surface area contributed by atoms with E-state index >= 15 is 0 Å². The number of hydrogen-bond donors (Lipinski definition) is 2. The third kappa shape index (κ3) is 4.52. The minimum Gasteiger partial charge on any atom is -0.497 e. The van der Waals surface area contributed by atoms with Crippen LogP contribution in [-0.4, -0.2) is 44.5 Å². The topological polar surface area (TPSA) is 118 Å². The number of benzene rings is 2. The molecular formula is C24H24FN5O5. The Balaban J connectivity index is 1.70. The van der Waals surface area contributed by atoms with E-state index in [2.05, 4.69) is 10.4 Å². The predicted octanol–water partition coefficient (Wildman–Crippen LogP) is 1.73. The molecule has 2 heterocycles. The third-order valence-corrected chi connectivity index (χ3v) is 5.88. The lowest BCUT2D eigenvalue weighted by Gasteiger charge is -2.22. The summed E-state index contributed by atoms with van der Waals surface area (Å²) in [5, 5.41) is 19.2. The maximum Gasteiger partial charge on any atom is 0.333 e. The van der Waals surface area contributed by atoms with Crippen LogP contribution in [0.3, 0.4) is 0 Å². The molecule has 0 unspecified atom stereocenters. The molecule has 1 aliphatic heterocycles. The van der Waals surface area contributed by atoms with Crippen LogP contribution >= 0.6 is 0 Å². The fourth-order valence-corrected chi connectivity index (χ4v) is 3.89. The van der Waals surface area contributed by atoms with Crippen LogP contribution in [0, 0.1) is 5.82 Å². The fraction of sp³-hybridized carbons (Fsp3) is 0.250. The Morgan fingerprint density at radius 3 is 2.40 bits per heavy atom. The number of hydrogen-bond acceptors (Lipinski definition) is 7. The highest BCUT2D eigenvalue weighted by molar-refractivity contribution is 6.04. The molecule has 1 aliphatic rings. The van der Waals surface area contributed by atoms with E-state index in [1.165, 1.54) is 43.4 Å². The standard InChI is InChI=1S/C24H24FN5O5/c1-28-22(32)21(23(33)29(2)24(28)34)18-12-19(14-4-10-17(35-3)11-5-14)30(27-18)20(31)13-26-16-8-6-15(25)7-9-16/h4-11,19,26,32H,12-13H2,1-3H3/t19-/m0/s1. The van der Waals surface area contributed by atoms with Crippen molar-refractivity contribution in [1.82, 2.24) is 14.1 Å². The van der Waals surface area contributed by atoms with Crippen LogP contribution in [0.15, 0.2) is 63.2 Å². The van der Waals surface area contributed by atoms with Crippen molar-refractivity contribution in [2.75, 3.05) is 19.0 Å². The number of carbonyl (C=O) groups is 1. The van der Waals surface area contributed by atoms with Crippen LogP contribution in [-0.2, 0) is 18.9 Å². The number of anilines is 1. The molecule has 182 valence electrons. The lowest BCUT2D eigenvalue weighted by Crippen LogP contribution is -2.39. The van der Waals surface area contributed by atoms with E-state index in [1.54, 1.807) is 31.4 Å². The molecule has 11 heteroatoms. The largest absolute Gasteiger partial charge is 0.497 e. The first-order chi connectivity index (χ1) is 16.7. The van der Waals surface area contributed by atoms with E-state index in [0.717, 1.165) is 14.7 Å². The Hall–Kier alpha value is -4.41. The molecule has 0 spiro atoms. The van der Waals surface area contributed by atoms with Gasteiger partial charge in [-0.15, -0.1) is 0 Å². The van der Waals surface area contributed by atoms with Crippen molar-refractivity contribution in [2.24, 2.45) is 19.2 Å². The monoisotopic (exact) mass is 481 g/mol. The predicted molar refractivity (Wildman–Crippen MR) is 127 cm³/mol. The lowest BCUT2D eigenvalue weighted by molar-refractivity contribution is -0.131. The zero-order valence-corrected chi connectivity index (χ0v) is 19.4. The Morgan fingerprint density at radius 1 is 1.11 bits per heavy atom. The van der Waals surface area contributed by atoms with E-state index in [4.69, 9.17) is 4.74 Å². The summed E-state index contributed by atoms with van der Waals surface area (Å²) in [6.45, 7) is -0.146. The highest BCUT2D eigenvalue weighted by Gasteiger charge is 2.35. The second-order valence-corrected chi connectivity index (χ2v) is 8.04. The number of carbonyl (C=O) groups excluding carboxylic acids is 1. The molecule has 0 radical (unpaired) electrons. The number of halogens is 1. The molecule has 35 heavy (non-hydrogen) atoms. The van der Waals surface area contributed by atoms with Gasteiger partial charge in [-0.1, -0.05) is 12.1 Å². The van der Waals surface area contributed by atoms with Crippen molar-refractivity contribution in [1.29, 1.82) is 0 Å². The van der Waals surface area contributed by atoms with Gasteiger partial charge in [0.25, 0.3) is 11.5 Å². The molecule has 3 aromatic rings. The van der Waals surface area contributed by atoms with Gasteiger partial charge in [0, 0.05) is 26.2 Å². The molecule has 2 aromatic carbocycles. The average Bonchev–Trinajstić information content (AvgIpc) is 3.31. The van der Waals surface area contributed by atoms with Gasteiger partial charge < -0.3 is 15.2 Å². The van der Waals surface area contributed by atoms with E-state index in [0.29, 0.717) is 11.4 Å². The van der Waals surface area contributed by atoms with Crippen LogP contribution in [0.4, 0.5) is 10.1 Å². The normalized spacial score (nSPS) is 15.1. The van der Waals surface area contributed by atoms with Gasteiger partial charge in [-0.3, -0.25) is 18.7 Å². The lowest BCUT2D eigenvalue weighted by atomic mass is 9.99. The molecule has 0 saturated heterocycles. The first-order valence-corrected chi connectivity index (χ1v) is 10.7. The Kier molecular flexibility index (Phi) is 6.41. The number of nitrogens with zero attached hydrogens (tertiary/aromatic N) is 4. The molecule has 1 aromatic heterocycles.